The van der Waals surface area contributed by atoms with Gasteiger partial charge >= 0.3 is 0 Å². The second-order valence-electron chi connectivity index (χ2n) is 7.98. The van der Waals surface area contributed by atoms with Crippen molar-refractivity contribution in [3.8, 4) is 0 Å². The molecule has 0 aromatic heterocycles. The van der Waals surface area contributed by atoms with E-state index in [1.54, 1.807) is 50.2 Å². The lowest BCUT2D eigenvalue weighted by Gasteiger charge is -2.16. The van der Waals surface area contributed by atoms with Crippen molar-refractivity contribution in [2.24, 2.45) is 0 Å². The van der Waals surface area contributed by atoms with Crippen LogP contribution in [0.25, 0.3) is 0 Å². The highest BCUT2D eigenvalue weighted by atomic mass is 32.2. The van der Waals surface area contributed by atoms with Crippen molar-refractivity contribution < 1.29 is 21.6 Å². The minimum Gasteiger partial charge on any atom is -0.346 e. The summed E-state index contributed by atoms with van der Waals surface area (Å²) in [7, 11) is -7.11. The van der Waals surface area contributed by atoms with Crippen LogP contribution < -0.4 is 10.0 Å². The van der Waals surface area contributed by atoms with Crippen LogP contribution in [0.3, 0.4) is 0 Å². The van der Waals surface area contributed by atoms with Gasteiger partial charge in [-0.3, -0.25) is 9.52 Å². The van der Waals surface area contributed by atoms with Gasteiger partial charge < -0.3 is 5.32 Å². The summed E-state index contributed by atoms with van der Waals surface area (Å²) < 4.78 is 51.3. The molecule has 9 heteroatoms. The van der Waals surface area contributed by atoms with E-state index in [1.807, 2.05) is 6.92 Å². The molecular formula is C24H26N2O5S2. The number of benzene rings is 3. The summed E-state index contributed by atoms with van der Waals surface area (Å²) in [6.07, 6.45) is 1.13. The molecule has 0 radical (unpaired) electrons. The molecular weight excluding hydrogens is 460 g/mol. The van der Waals surface area contributed by atoms with Gasteiger partial charge in [0.1, 0.15) is 0 Å². The largest absolute Gasteiger partial charge is 0.346 e. The highest BCUT2D eigenvalue weighted by molar-refractivity contribution is 7.92. The molecule has 0 unspecified atom stereocenters. The zero-order valence-electron chi connectivity index (χ0n) is 18.8. The Morgan fingerprint density at radius 1 is 0.818 bits per heavy atom. The Morgan fingerprint density at radius 3 is 1.97 bits per heavy atom. The summed E-state index contributed by atoms with van der Waals surface area (Å²) >= 11 is 0. The van der Waals surface area contributed by atoms with Gasteiger partial charge in [0.2, 0.25) is 0 Å². The number of carbonyl (C=O) groups is 1. The topological polar surface area (TPSA) is 109 Å². The van der Waals surface area contributed by atoms with Crippen LogP contribution in [-0.4, -0.2) is 29.0 Å². The molecule has 0 saturated heterocycles. The molecule has 0 spiro atoms. The van der Waals surface area contributed by atoms with E-state index in [0.717, 1.165) is 17.4 Å². The molecule has 7 nitrogen and oxygen atoms in total. The van der Waals surface area contributed by atoms with E-state index in [0.29, 0.717) is 16.8 Å². The minimum atomic E-state index is -3.81. The van der Waals surface area contributed by atoms with Gasteiger partial charge in [-0.05, 0) is 68.3 Å². The lowest BCUT2D eigenvalue weighted by molar-refractivity contribution is 0.0940. The van der Waals surface area contributed by atoms with E-state index in [-0.39, 0.29) is 21.7 Å². The number of sulfone groups is 1. The van der Waals surface area contributed by atoms with Crippen LogP contribution in [-0.2, 0) is 19.9 Å². The van der Waals surface area contributed by atoms with Crippen LogP contribution in [0.4, 0.5) is 5.69 Å². The first kappa shape index (κ1) is 24.5. The maximum absolute atomic E-state index is 12.8. The van der Waals surface area contributed by atoms with E-state index < -0.39 is 19.9 Å². The van der Waals surface area contributed by atoms with Crippen LogP contribution in [0.1, 0.15) is 40.0 Å². The number of amides is 1. The van der Waals surface area contributed by atoms with Crippen molar-refractivity contribution in [2.75, 3.05) is 11.0 Å². The molecule has 0 aliphatic heterocycles. The highest BCUT2D eigenvalue weighted by Gasteiger charge is 2.18. The molecule has 3 aromatic carbocycles. The first-order valence-corrected chi connectivity index (χ1v) is 13.6. The number of sulfonamides is 1. The molecule has 0 heterocycles. The molecule has 0 fully saturated rings. The number of hydrogen-bond acceptors (Lipinski definition) is 5. The van der Waals surface area contributed by atoms with E-state index in [1.165, 1.54) is 30.3 Å². The van der Waals surface area contributed by atoms with Crippen LogP contribution in [0.15, 0.2) is 76.5 Å². The van der Waals surface area contributed by atoms with E-state index in [2.05, 4.69) is 10.0 Å². The Bertz CT molecular complexity index is 1380. The Hall–Kier alpha value is -3.17. The van der Waals surface area contributed by atoms with E-state index in [9.17, 15) is 21.6 Å². The number of hydrogen-bond donors (Lipinski definition) is 2. The Balaban J connectivity index is 1.78. The second-order valence-corrected chi connectivity index (χ2v) is 11.7. The van der Waals surface area contributed by atoms with E-state index >= 15 is 0 Å². The van der Waals surface area contributed by atoms with Gasteiger partial charge in [-0.15, -0.1) is 0 Å². The third-order valence-electron chi connectivity index (χ3n) is 5.23. The Kier molecular flexibility index (Phi) is 6.94. The standard InChI is InChI=1S/C24H26N2O5S2/c1-16-5-11-22(12-6-16)33(30,31)26-23-15-20(8-7-17(23)2)24(27)25-18(3)19-9-13-21(14-10-19)32(4,28)29/h5-15,18,26H,1-4H3,(H,25,27)/t18-/m0/s1. The second kappa shape index (κ2) is 9.36. The SMILES string of the molecule is Cc1ccc(S(=O)(=O)Nc2cc(C(=O)N[C@@H](C)c3ccc(S(C)(=O)=O)cc3)ccc2C)cc1. The molecule has 1 amide bonds. The van der Waals surface area contributed by atoms with Crippen molar-refractivity contribution in [2.45, 2.75) is 36.6 Å². The Morgan fingerprint density at radius 2 is 1.39 bits per heavy atom. The van der Waals surface area contributed by atoms with Crippen LogP contribution in [0.2, 0.25) is 0 Å². The van der Waals surface area contributed by atoms with Gasteiger partial charge in [-0.1, -0.05) is 35.9 Å². The fourth-order valence-corrected chi connectivity index (χ4v) is 4.91. The van der Waals surface area contributed by atoms with Crippen LogP contribution in [0, 0.1) is 13.8 Å². The smallest absolute Gasteiger partial charge is 0.261 e. The van der Waals surface area contributed by atoms with Gasteiger partial charge in [0.05, 0.1) is 21.5 Å². The predicted molar refractivity (Wildman–Crippen MR) is 129 cm³/mol. The fourth-order valence-electron chi connectivity index (χ4n) is 3.16. The third kappa shape index (κ3) is 6.00. The number of rotatable bonds is 7. The average molecular weight is 487 g/mol. The van der Waals surface area contributed by atoms with Crippen LogP contribution in [0.5, 0.6) is 0 Å². The van der Waals surface area contributed by atoms with E-state index in [4.69, 9.17) is 0 Å². The maximum Gasteiger partial charge on any atom is 0.261 e. The number of nitrogens with one attached hydrogen (secondary N) is 2. The van der Waals surface area contributed by atoms with Crippen molar-refractivity contribution in [1.29, 1.82) is 0 Å². The first-order chi connectivity index (χ1) is 15.4. The number of aryl methyl sites for hydroxylation is 2. The van der Waals surface area contributed by atoms with Crippen molar-refractivity contribution in [3.05, 3.63) is 89.0 Å². The molecule has 2 N–H and O–H groups in total. The number of anilines is 1. The molecule has 174 valence electrons. The summed E-state index contributed by atoms with van der Waals surface area (Å²) in [5, 5.41) is 2.85. The minimum absolute atomic E-state index is 0.133. The highest BCUT2D eigenvalue weighted by Crippen LogP contribution is 2.23. The van der Waals surface area contributed by atoms with Gasteiger partial charge in [-0.25, -0.2) is 16.8 Å². The lowest BCUT2D eigenvalue weighted by Crippen LogP contribution is -2.27. The van der Waals surface area contributed by atoms with Gasteiger partial charge in [0, 0.05) is 11.8 Å². The molecule has 0 saturated carbocycles. The molecule has 1 atom stereocenters. The summed E-state index contributed by atoms with van der Waals surface area (Å²) in [5.74, 6) is -0.384. The van der Waals surface area contributed by atoms with Gasteiger partial charge in [0.25, 0.3) is 15.9 Å². The Labute approximate surface area is 194 Å². The summed E-state index contributed by atoms with van der Waals surface area (Å²) in [6, 6.07) is 17.2. The van der Waals surface area contributed by atoms with Crippen molar-refractivity contribution in [3.63, 3.8) is 0 Å². The molecule has 0 bridgehead atoms. The summed E-state index contributed by atoms with van der Waals surface area (Å²) in [5.41, 5.74) is 2.97. The molecule has 3 rings (SSSR count). The van der Waals surface area contributed by atoms with Gasteiger partial charge in [0.15, 0.2) is 9.84 Å². The zero-order chi connectivity index (χ0) is 24.4. The fraction of sp³-hybridized carbons (Fsp3) is 0.208. The third-order valence-corrected chi connectivity index (χ3v) is 7.74. The average Bonchev–Trinajstić information content (AvgIpc) is 2.75. The van der Waals surface area contributed by atoms with Crippen LogP contribution >= 0.6 is 0 Å². The number of carbonyl (C=O) groups excluding carboxylic acids is 1. The zero-order valence-corrected chi connectivity index (χ0v) is 20.4. The summed E-state index contributed by atoms with van der Waals surface area (Å²) in [4.78, 5) is 13.1. The molecule has 0 aliphatic rings. The normalized spacial score (nSPS) is 12.7. The van der Waals surface area contributed by atoms with Crippen molar-refractivity contribution >= 4 is 31.5 Å². The summed E-state index contributed by atoms with van der Waals surface area (Å²) in [6.45, 7) is 5.40. The predicted octanol–water partition coefficient (Wildman–Crippen LogP) is 4.00. The van der Waals surface area contributed by atoms with Crippen molar-refractivity contribution in [1.82, 2.24) is 5.32 Å². The first-order valence-electron chi connectivity index (χ1n) is 10.2. The molecule has 33 heavy (non-hydrogen) atoms. The molecule has 3 aromatic rings. The lowest BCUT2D eigenvalue weighted by atomic mass is 10.1. The monoisotopic (exact) mass is 486 g/mol. The maximum atomic E-state index is 12.8. The quantitative estimate of drug-likeness (QED) is 0.525. The molecule has 0 aliphatic carbocycles. The van der Waals surface area contributed by atoms with Gasteiger partial charge in [-0.2, -0.15) is 0 Å².